The summed E-state index contributed by atoms with van der Waals surface area (Å²) in [6.07, 6.45) is 9.03. The predicted octanol–water partition coefficient (Wildman–Crippen LogP) is 7.85. The van der Waals surface area contributed by atoms with Gasteiger partial charge in [0.05, 0.1) is 0 Å². The van der Waals surface area contributed by atoms with Crippen LogP contribution in [0.1, 0.15) is 16.1 Å². The van der Waals surface area contributed by atoms with E-state index in [-0.39, 0.29) is 0 Å². The van der Waals surface area contributed by atoms with Crippen LogP contribution >= 0.6 is 11.3 Å². The summed E-state index contributed by atoms with van der Waals surface area (Å²) in [6, 6.07) is 38.6. The Morgan fingerprint density at radius 2 is 1.42 bits per heavy atom. The van der Waals surface area contributed by atoms with E-state index in [1.807, 2.05) is 11.3 Å². The molecule has 174 valence electrons. The van der Waals surface area contributed by atoms with E-state index in [2.05, 4.69) is 150 Å². The Morgan fingerprint density at radius 3 is 2.14 bits per heavy atom. The molecule has 2 heterocycles. The molecule has 2 nitrogen and oxygen atoms in total. The monoisotopic (exact) mass is 483 g/mol. The van der Waals surface area contributed by atoms with Gasteiger partial charge in [0.2, 0.25) is 5.52 Å². The molecule has 0 N–H and O–H groups in total. The molecule has 3 heteroatoms. The zero-order valence-corrected chi connectivity index (χ0v) is 21.0. The summed E-state index contributed by atoms with van der Waals surface area (Å²) in [4.78, 5) is 2.33. The topological polar surface area (TPSA) is 7.12 Å². The van der Waals surface area contributed by atoms with Gasteiger partial charge in [0, 0.05) is 30.6 Å². The smallest absolute Gasteiger partial charge is 0.263 e. The van der Waals surface area contributed by atoms with Crippen molar-refractivity contribution < 1.29 is 4.57 Å². The van der Waals surface area contributed by atoms with E-state index in [1.54, 1.807) is 0 Å². The van der Waals surface area contributed by atoms with Crippen molar-refractivity contribution >= 4 is 33.3 Å². The Morgan fingerprint density at radius 1 is 0.750 bits per heavy atom. The van der Waals surface area contributed by atoms with E-state index in [1.165, 1.54) is 48.7 Å². The first-order chi connectivity index (χ1) is 17.7. The van der Waals surface area contributed by atoms with Gasteiger partial charge in [-0.3, -0.25) is 0 Å². The molecule has 0 saturated heterocycles. The summed E-state index contributed by atoms with van der Waals surface area (Å²) < 4.78 is 3.59. The van der Waals surface area contributed by atoms with Crippen LogP contribution in [0.25, 0.3) is 33.1 Å². The van der Waals surface area contributed by atoms with Gasteiger partial charge in [-0.15, -0.1) is 0 Å². The summed E-state index contributed by atoms with van der Waals surface area (Å²) in [7, 11) is 2.16. The minimum Gasteiger partial charge on any atom is -0.343 e. The van der Waals surface area contributed by atoms with Crippen LogP contribution in [0.3, 0.4) is 0 Å². The molecule has 1 aromatic heterocycles. The Hall–Kier alpha value is -4.21. The van der Waals surface area contributed by atoms with Gasteiger partial charge in [-0.25, -0.2) is 0 Å². The van der Waals surface area contributed by atoms with Crippen LogP contribution in [0.4, 0.5) is 0 Å². The summed E-state index contributed by atoms with van der Waals surface area (Å²) in [6.45, 7) is 0.838. The average Bonchev–Trinajstić information content (AvgIpc) is 3.25. The molecule has 0 saturated carbocycles. The summed E-state index contributed by atoms with van der Waals surface area (Å²) in [5.41, 5.74) is 8.68. The number of aryl methyl sites for hydroxylation is 1. The molecular formula is C33H27N2S+. The van der Waals surface area contributed by atoms with Gasteiger partial charge < -0.3 is 4.90 Å². The summed E-state index contributed by atoms with van der Waals surface area (Å²) in [5.74, 6) is 0. The molecule has 1 aliphatic rings. The number of benzene rings is 4. The number of aromatic nitrogens is 1. The number of rotatable bonds is 5. The molecule has 0 bridgehead atoms. The highest BCUT2D eigenvalue weighted by molar-refractivity contribution is 7.18. The predicted molar refractivity (Wildman–Crippen MR) is 152 cm³/mol. The third kappa shape index (κ3) is 4.53. The molecule has 0 radical (unpaired) electrons. The van der Waals surface area contributed by atoms with Gasteiger partial charge in [-0.1, -0.05) is 102 Å². The molecule has 0 aliphatic carbocycles. The zero-order valence-electron chi connectivity index (χ0n) is 20.2. The van der Waals surface area contributed by atoms with Gasteiger partial charge in [0.15, 0.2) is 0 Å². The second kappa shape index (κ2) is 9.80. The van der Waals surface area contributed by atoms with Gasteiger partial charge >= 0.3 is 0 Å². The molecule has 4 aromatic carbocycles. The van der Waals surface area contributed by atoms with Crippen molar-refractivity contribution in [2.75, 3.05) is 0 Å². The van der Waals surface area contributed by atoms with Crippen LogP contribution in [-0.2, 0) is 13.6 Å². The Balaban J connectivity index is 1.37. The molecule has 36 heavy (non-hydrogen) atoms. The van der Waals surface area contributed by atoms with Crippen molar-refractivity contribution in [2.45, 2.75) is 6.54 Å². The SMILES string of the molecule is C[n+]1c(C=C2C=CN(Cc3ccccc3)C(c3ccccc3)=C2)sc2cc(-c3ccccc3)ccc21. The fraction of sp³-hybridized carbons (Fsp3) is 0.0606. The average molecular weight is 484 g/mol. The Labute approximate surface area is 216 Å². The quantitative estimate of drug-likeness (QED) is 0.231. The van der Waals surface area contributed by atoms with E-state index in [0.29, 0.717) is 0 Å². The molecule has 0 amide bonds. The number of allylic oxidation sites excluding steroid dienone is 3. The van der Waals surface area contributed by atoms with Gasteiger partial charge in [-0.2, -0.15) is 4.57 Å². The highest BCUT2D eigenvalue weighted by atomic mass is 32.1. The minimum atomic E-state index is 0.838. The van der Waals surface area contributed by atoms with Crippen LogP contribution in [0.15, 0.2) is 133 Å². The lowest BCUT2D eigenvalue weighted by atomic mass is 10.0. The molecule has 0 fully saturated rings. The van der Waals surface area contributed by atoms with Crippen LogP contribution < -0.4 is 4.57 Å². The molecule has 0 spiro atoms. The van der Waals surface area contributed by atoms with E-state index >= 15 is 0 Å². The van der Waals surface area contributed by atoms with Crippen LogP contribution in [0.2, 0.25) is 0 Å². The lowest BCUT2D eigenvalue weighted by Gasteiger charge is -2.27. The Bertz CT molecular complexity index is 1590. The number of fused-ring (bicyclic) bond motifs is 1. The van der Waals surface area contributed by atoms with Crippen molar-refractivity contribution in [3.8, 4) is 11.1 Å². The van der Waals surface area contributed by atoms with Crippen molar-refractivity contribution in [1.82, 2.24) is 4.90 Å². The van der Waals surface area contributed by atoms with Gasteiger partial charge in [-0.05, 0) is 52.1 Å². The lowest BCUT2D eigenvalue weighted by Crippen LogP contribution is -2.29. The maximum atomic E-state index is 2.33. The molecule has 5 aromatic rings. The first kappa shape index (κ1) is 22.3. The first-order valence-electron chi connectivity index (χ1n) is 12.2. The standard InChI is InChI=1S/C33H27N2S/c1-34-30-18-17-29(27-13-7-3-8-14-27)23-32(30)36-33(34)22-26-19-20-35(24-25-11-5-2-6-12-25)31(21-26)28-15-9-4-10-16-28/h2-23H,24H2,1H3/q+1. The molecule has 6 rings (SSSR count). The van der Waals surface area contributed by atoms with Crippen molar-refractivity contribution in [3.63, 3.8) is 0 Å². The van der Waals surface area contributed by atoms with E-state index in [0.717, 1.165) is 6.54 Å². The second-order valence-electron chi connectivity index (χ2n) is 9.02. The third-order valence-corrected chi connectivity index (χ3v) is 7.74. The van der Waals surface area contributed by atoms with E-state index in [4.69, 9.17) is 0 Å². The fourth-order valence-electron chi connectivity index (χ4n) is 4.66. The maximum Gasteiger partial charge on any atom is 0.263 e. The van der Waals surface area contributed by atoms with Crippen LogP contribution in [0.5, 0.6) is 0 Å². The van der Waals surface area contributed by atoms with Gasteiger partial charge in [0.25, 0.3) is 5.01 Å². The number of hydrogen-bond donors (Lipinski definition) is 0. The largest absolute Gasteiger partial charge is 0.343 e. The molecule has 0 unspecified atom stereocenters. The summed E-state index contributed by atoms with van der Waals surface area (Å²) in [5, 5.41) is 1.23. The second-order valence-corrected chi connectivity index (χ2v) is 10.1. The first-order valence-corrected chi connectivity index (χ1v) is 13.0. The minimum absolute atomic E-state index is 0.838. The highest BCUT2D eigenvalue weighted by Gasteiger charge is 2.19. The number of hydrogen-bond acceptors (Lipinski definition) is 2. The van der Waals surface area contributed by atoms with Crippen molar-refractivity contribution in [1.29, 1.82) is 0 Å². The lowest BCUT2D eigenvalue weighted by molar-refractivity contribution is -0.642. The number of thiazole rings is 1. The fourth-order valence-corrected chi connectivity index (χ4v) is 5.81. The molecule has 1 aliphatic heterocycles. The molecular weight excluding hydrogens is 456 g/mol. The summed E-state index contributed by atoms with van der Waals surface area (Å²) >= 11 is 1.84. The number of nitrogens with zero attached hydrogens (tertiary/aromatic N) is 2. The maximum absolute atomic E-state index is 2.33. The normalized spacial score (nSPS) is 14.4. The van der Waals surface area contributed by atoms with Gasteiger partial charge in [0.1, 0.15) is 11.7 Å². The highest BCUT2D eigenvalue weighted by Crippen LogP contribution is 2.31. The van der Waals surface area contributed by atoms with E-state index < -0.39 is 0 Å². The zero-order chi connectivity index (χ0) is 24.3. The van der Waals surface area contributed by atoms with Crippen LogP contribution in [0, 0.1) is 0 Å². The van der Waals surface area contributed by atoms with Crippen molar-refractivity contribution in [3.05, 3.63) is 149 Å². The van der Waals surface area contributed by atoms with Crippen molar-refractivity contribution in [2.24, 2.45) is 7.05 Å². The van der Waals surface area contributed by atoms with Crippen LogP contribution in [-0.4, -0.2) is 4.90 Å². The van der Waals surface area contributed by atoms with E-state index in [9.17, 15) is 0 Å². The molecule has 0 atom stereocenters. The Kier molecular flexibility index (Phi) is 6.06. The third-order valence-electron chi connectivity index (χ3n) is 6.59.